The van der Waals surface area contributed by atoms with E-state index in [1.54, 1.807) is 10.9 Å². The molecule has 0 unspecified atom stereocenters. The maximum Gasteiger partial charge on any atom is 0.258 e. The van der Waals surface area contributed by atoms with Gasteiger partial charge in [-0.1, -0.05) is 0 Å². The zero-order valence-electron chi connectivity index (χ0n) is 8.20. The minimum Gasteiger partial charge on any atom is -0.339 e. The Kier molecular flexibility index (Phi) is 2.50. The Morgan fingerprint density at radius 2 is 2.36 bits per heavy atom. The number of carbonyl (C=O) groups excluding carboxylic acids is 1. The van der Waals surface area contributed by atoms with Crippen LogP contribution in [0.4, 0.5) is 0 Å². The fraction of sp³-hybridized carbons (Fsp3) is 0.556. The van der Waals surface area contributed by atoms with Gasteiger partial charge in [-0.05, 0) is 35.4 Å². The minimum atomic E-state index is 0.0880. The predicted octanol–water partition coefficient (Wildman–Crippen LogP) is 1.26. The van der Waals surface area contributed by atoms with Gasteiger partial charge in [0.2, 0.25) is 0 Å². The van der Waals surface area contributed by atoms with Crippen molar-refractivity contribution in [3.63, 3.8) is 0 Å². The molecule has 76 valence electrons. The molecule has 0 spiro atoms. The van der Waals surface area contributed by atoms with E-state index in [1.807, 2.05) is 19.0 Å². The van der Waals surface area contributed by atoms with Gasteiger partial charge in [0.1, 0.15) is 3.70 Å². The Morgan fingerprint density at radius 1 is 1.71 bits per heavy atom. The number of hydrogen-bond donors (Lipinski definition) is 0. The SMILES string of the molecule is CN(C(=O)c1cnn(C)c1I)C1CC1. The van der Waals surface area contributed by atoms with Crippen LogP contribution in [0.5, 0.6) is 0 Å². The topological polar surface area (TPSA) is 38.1 Å². The molecular formula is C9H12IN3O. The normalized spacial score (nSPS) is 15.6. The second kappa shape index (κ2) is 3.52. The number of nitrogens with zero attached hydrogens (tertiary/aromatic N) is 3. The van der Waals surface area contributed by atoms with Crippen LogP contribution < -0.4 is 0 Å². The number of aryl methyl sites for hydroxylation is 1. The van der Waals surface area contributed by atoms with Crippen molar-refractivity contribution in [2.24, 2.45) is 7.05 Å². The summed E-state index contributed by atoms with van der Waals surface area (Å²) < 4.78 is 2.62. The van der Waals surface area contributed by atoms with Crippen LogP contribution >= 0.6 is 22.6 Å². The lowest BCUT2D eigenvalue weighted by molar-refractivity contribution is 0.0784. The summed E-state index contributed by atoms with van der Waals surface area (Å²) >= 11 is 2.15. The second-order valence-corrected chi connectivity index (χ2v) is 4.64. The van der Waals surface area contributed by atoms with Crippen molar-refractivity contribution >= 4 is 28.5 Å². The maximum absolute atomic E-state index is 11.9. The molecule has 0 N–H and O–H groups in total. The van der Waals surface area contributed by atoms with E-state index in [0.29, 0.717) is 11.6 Å². The summed E-state index contributed by atoms with van der Waals surface area (Å²) in [6.45, 7) is 0. The molecule has 1 aliphatic carbocycles. The molecule has 1 aromatic heterocycles. The van der Waals surface area contributed by atoms with Crippen molar-refractivity contribution in [3.05, 3.63) is 15.5 Å². The van der Waals surface area contributed by atoms with Crippen molar-refractivity contribution in [1.29, 1.82) is 0 Å². The van der Waals surface area contributed by atoms with Gasteiger partial charge in [-0.2, -0.15) is 5.10 Å². The summed E-state index contributed by atoms with van der Waals surface area (Å²) in [5, 5.41) is 4.06. The molecule has 0 saturated heterocycles. The molecule has 4 nitrogen and oxygen atoms in total. The van der Waals surface area contributed by atoms with Crippen LogP contribution in [0.2, 0.25) is 0 Å². The third-order valence-corrected chi connectivity index (χ3v) is 3.79. The van der Waals surface area contributed by atoms with Gasteiger partial charge in [0.25, 0.3) is 5.91 Å². The first-order valence-electron chi connectivity index (χ1n) is 4.56. The molecule has 0 radical (unpaired) electrons. The van der Waals surface area contributed by atoms with Crippen molar-refractivity contribution < 1.29 is 4.79 Å². The number of carbonyl (C=O) groups is 1. The minimum absolute atomic E-state index is 0.0880. The second-order valence-electron chi connectivity index (χ2n) is 3.62. The molecule has 1 aromatic rings. The lowest BCUT2D eigenvalue weighted by Crippen LogP contribution is -2.29. The summed E-state index contributed by atoms with van der Waals surface area (Å²) in [5.41, 5.74) is 0.711. The molecular weight excluding hydrogens is 293 g/mol. The Labute approximate surface area is 96.4 Å². The van der Waals surface area contributed by atoms with Gasteiger partial charge in [0.05, 0.1) is 11.8 Å². The molecule has 5 heteroatoms. The Hall–Kier alpha value is -0.590. The predicted molar refractivity (Wildman–Crippen MR) is 61.0 cm³/mol. The third kappa shape index (κ3) is 1.65. The highest BCUT2D eigenvalue weighted by Gasteiger charge is 2.31. The summed E-state index contributed by atoms with van der Waals surface area (Å²) in [5.74, 6) is 0.0880. The first-order valence-corrected chi connectivity index (χ1v) is 5.64. The lowest BCUT2D eigenvalue weighted by Gasteiger charge is -2.15. The maximum atomic E-state index is 11.9. The molecule has 1 fully saturated rings. The number of hydrogen-bond acceptors (Lipinski definition) is 2. The largest absolute Gasteiger partial charge is 0.339 e. The summed E-state index contributed by atoms with van der Waals surface area (Å²) in [6, 6.07) is 0.457. The number of rotatable bonds is 2. The van der Waals surface area contributed by atoms with Crippen LogP contribution in [0.15, 0.2) is 6.20 Å². The lowest BCUT2D eigenvalue weighted by atomic mass is 10.3. The zero-order chi connectivity index (χ0) is 10.3. The van der Waals surface area contributed by atoms with Crippen LogP contribution in [0, 0.1) is 3.70 Å². The van der Waals surface area contributed by atoms with Crippen LogP contribution in [0.25, 0.3) is 0 Å². The van der Waals surface area contributed by atoms with Crippen LogP contribution in [-0.2, 0) is 7.05 Å². The van der Waals surface area contributed by atoms with Crippen LogP contribution in [0.3, 0.4) is 0 Å². The van der Waals surface area contributed by atoms with Crippen molar-refractivity contribution in [1.82, 2.24) is 14.7 Å². The van der Waals surface area contributed by atoms with E-state index in [9.17, 15) is 4.79 Å². The number of halogens is 1. The van der Waals surface area contributed by atoms with E-state index >= 15 is 0 Å². The smallest absolute Gasteiger partial charge is 0.258 e. The molecule has 1 amide bonds. The van der Waals surface area contributed by atoms with E-state index in [0.717, 1.165) is 16.5 Å². The summed E-state index contributed by atoms with van der Waals surface area (Å²) in [4.78, 5) is 13.7. The third-order valence-electron chi connectivity index (χ3n) is 2.51. The highest BCUT2D eigenvalue weighted by Crippen LogP contribution is 2.27. The average molecular weight is 305 g/mol. The van der Waals surface area contributed by atoms with E-state index in [2.05, 4.69) is 27.7 Å². The van der Waals surface area contributed by atoms with Gasteiger partial charge in [-0.3, -0.25) is 9.48 Å². The molecule has 0 aromatic carbocycles. The van der Waals surface area contributed by atoms with E-state index in [1.165, 1.54) is 0 Å². The van der Waals surface area contributed by atoms with Crippen molar-refractivity contribution in [3.8, 4) is 0 Å². The Morgan fingerprint density at radius 3 is 2.79 bits per heavy atom. The monoisotopic (exact) mass is 305 g/mol. The fourth-order valence-corrected chi connectivity index (χ4v) is 1.88. The van der Waals surface area contributed by atoms with Crippen molar-refractivity contribution in [2.75, 3.05) is 7.05 Å². The van der Waals surface area contributed by atoms with E-state index < -0.39 is 0 Å². The van der Waals surface area contributed by atoms with Gasteiger partial charge in [0.15, 0.2) is 0 Å². The van der Waals surface area contributed by atoms with Gasteiger partial charge < -0.3 is 4.90 Å². The number of aromatic nitrogens is 2. The molecule has 1 heterocycles. The Bertz CT molecular complexity index is 370. The highest BCUT2D eigenvalue weighted by atomic mass is 127. The standard InChI is InChI=1S/C9H12IN3O/c1-12(6-3-4-6)9(14)7-5-11-13(2)8(7)10/h5-6H,3-4H2,1-2H3. The van der Waals surface area contributed by atoms with Gasteiger partial charge >= 0.3 is 0 Å². The van der Waals surface area contributed by atoms with Crippen molar-refractivity contribution in [2.45, 2.75) is 18.9 Å². The van der Waals surface area contributed by atoms with E-state index in [-0.39, 0.29) is 5.91 Å². The average Bonchev–Trinajstić information content (AvgIpc) is 2.95. The molecule has 2 rings (SSSR count). The summed E-state index contributed by atoms with van der Waals surface area (Å²) in [7, 11) is 3.71. The van der Waals surface area contributed by atoms with E-state index in [4.69, 9.17) is 0 Å². The van der Waals surface area contributed by atoms with Gasteiger partial charge in [-0.15, -0.1) is 0 Å². The molecule has 0 bridgehead atoms. The molecule has 0 aliphatic heterocycles. The molecule has 1 saturated carbocycles. The molecule has 1 aliphatic rings. The van der Waals surface area contributed by atoms with Crippen LogP contribution in [-0.4, -0.2) is 33.7 Å². The molecule has 0 atom stereocenters. The first kappa shape index (κ1) is 9.95. The zero-order valence-corrected chi connectivity index (χ0v) is 10.4. The van der Waals surface area contributed by atoms with Gasteiger partial charge in [0, 0.05) is 20.1 Å². The summed E-state index contributed by atoms with van der Waals surface area (Å²) in [6.07, 6.45) is 3.92. The van der Waals surface area contributed by atoms with Gasteiger partial charge in [-0.25, -0.2) is 0 Å². The molecule has 14 heavy (non-hydrogen) atoms. The highest BCUT2D eigenvalue weighted by molar-refractivity contribution is 14.1. The quantitative estimate of drug-likeness (QED) is 0.772. The Balaban J connectivity index is 2.21. The fourth-order valence-electron chi connectivity index (χ4n) is 1.38. The number of amides is 1. The first-order chi connectivity index (χ1) is 6.61. The van der Waals surface area contributed by atoms with Crippen LogP contribution in [0.1, 0.15) is 23.2 Å².